The minimum absolute atomic E-state index is 0. The topological polar surface area (TPSA) is 45.7 Å². The van der Waals surface area contributed by atoms with Gasteiger partial charge in [0, 0.05) is 38.7 Å². The van der Waals surface area contributed by atoms with Crippen molar-refractivity contribution in [3.8, 4) is 0 Å². The van der Waals surface area contributed by atoms with Crippen LogP contribution < -0.4 is 10.6 Å². The number of ether oxygens (including phenoxy) is 1. The van der Waals surface area contributed by atoms with E-state index in [9.17, 15) is 0 Å². The van der Waals surface area contributed by atoms with Crippen LogP contribution in [-0.4, -0.2) is 39.8 Å². The lowest BCUT2D eigenvalue weighted by atomic mass is 9.67. The van der Waals surface area contributed by atoms with Crippen molar-refractivity contribution in [1.29, 1.82) is 0 Å². The van der Waals surface area contributed by atoms with Gasteiger partial charge in [-0.15, -0.1) is 35.3 Å². The third-order valence-electron chi connectivity index (χ3n) is 4.40. The molecule has 1 aliphatic carbocycles. The Morgan fingerprint density at radius 2 is 2.17 bits per heavy atom. The van der Waals surface area contributed by atoms with E-state index in [1.165, 1.54) is 27.0 Å². The molecule has 132 valence electrons. The molecule has 0 aliphatic heterocycles. The Balaban J connectivity index is 0.00000264. The Morgan fingerprint density at radius 1 is 1.39 bits per heavy atom. The molecule has 1 heterocycles. The Hall–Kier alpha value is 0.390. The molecular formula is C16H27I2N3OS. The molecule has 2 N–H and O–H groups in total. The van der Waals surface area contributed by atoms with Gasteiger partial charge in [-0.2, -0.15) is 0 Å². The SMILES string of the molecule is CN=C(NCCc1ccc(I)s1)NCC1(CCOC)CCC1.I. The maximum atomic E-state index is 5.25. The van der Waals surface area contributed by atoms with Gasteiger partial charge in [-0.25, -0.2) is 0 Å². The van der Waals surface area contributed by atoms with E-state index in [2.05, 4.69) is 50.3 Å². The number of thiophene rings is 1. The predicted molar refractivity (Wildman–Crippen MR) is 118 cm³/mol. The Morgan fingerprint density at radius 3 is 2.70 bits per heavy atom. The van der Waals surface area contributed by atoms with Crippen LogP contribution in [0.4, 0.5) is 0 Å². The number of hydrogen-bond donors (Lipinski definition) is 2. The fraction of sp³-hybridized carbons (Fsp3) is 0.688. The van der Waals surface area contributed by atoms with Crippen LogP contribution in [0.25, 0.3) is 0 Å². The molecule has 0 unspecified atom stereocenters. The van der Waals surface area contributed by atoms with Crippen molar-refractivity contribution >= 4 is 63.9 Å². The highest BCUT2D eigenvalue weighted by Crippen LogP contribution is 2.43. The van der Waals surface area contributed by atoms with E-state index in [0.29, 0.717) is 5.41 Å². The van der Waals surface area contributed by atoms with Gasteiger partial charge in [0.15, 0.2) is 5.96 Å². The molecule has 1 aliphatic rings. The molecule has 1 fully saturated rings. The first-order chi connectivity index (χ1) is 10.7. The molecule has 0 bridgehead atoms. The zero-order chi connectivity index (χ0) is 15.8. The van der Waals surface area contributed by atoms with Crippen LogP contribution in [0.3, 0.4) is 0 Å². The Kier molecular flexibility index (Phi) is 10.3. The minimum atomic E-state index is 0. The van der Waals surface area contributed by atoms with Gasteiger partial charge >= 0.3 is 0 Å². The summed E-state index contributed by atoms with van der Waals surface area (Å²) in [7, 11) is 3.62. The number of hydrogen-bond acceptors (Lipinski definition) is 3. The number of aliphatic imine (C=N–C) groups is 1. The minimum Gasteiger partial charge on any atom is -0.385 e. The van der Waals surface area contributed by atoms with E-state index in [-0.39, 0.29) is 24.0 Å². The van der Waals surface area contributed by atoms with Gasteiger partial charge in [0.1, 0.15) is 0 Å². The number of halogens is 2. The van der Waals surface area contributed by atoms with E-state index in [1.807, 2.05) is 18.4 Å². The van der Waals surface area contributed by atoms with Crippen molar-refractivity contribution < 1.29 is 4.74 Å². The van der Waals surface area contributed by atoms with Gasteiger partial charge in [-0.05, 0) is 65.8 Å². The summed E-state index contributed by atoms with van der Waals surface area (Å²) in [6, 6.07) is 4.38. The highest BCUT2D eigenvalue weighted by Gasteiger charge is 2.36. The molecule has 0 aromatic carbocycles. The zero-order valence-electron chi connectivity index (χ0n) is 13.9. The maximum absolute atomic E-state index is 5.25. The molecule has 1 aromatic rings. The molecule has 0 spiro atoms. The van der Waals surface area contributed by atoms with Crippen LogP contribution in [-0.2, 0) is 11.2 Å². The van der Waals surface area contributed by atoms with Crippen LogP contribution >= 0.6 is 57.9 Å². The van der Waals surface area contributed by atoms with E-state index in [1.54, 1.807) is 7.11 Å². The van der Waals surface area contributed by atoms with Gasteiger partial charge in [0.25, 0.3) is 0 Å². The third kappa shape index (κ3) is 7.03. The number of nitrogens with one attached hydrogen (secondary N) is 2. The van der Waals surface area contributed by atoms with Crippen molar-refractivity contribution in [1.82, 2.24) is 10.6 Å². The molecule has 0 amide bonds. The Bertz CT molecular complexity index is 489. The lowest BCUT2D eigenvalue weighted by Crippen LogP contribution is -2.47. The third-order valence-corrected chi connectivity index (χ3v) is 6.35. The largest absolute Gasteiger partial charge is 0.385 e. The molecule has 0 saturated heterocycles. The van der Waals surface area contributed by atoms with Crippen molar-refractivity contribution in [2.24, 2.45) is 10.4 Å². The fourth-order valence-corrected chi connectivity index (χ4v) is 4.55. The van der Waals surface area contributed by atoms with Crippen LogP contribution in [0.1, 0.15) is 30.6 Å². The van der Waals surface area contributed by atoms with Gasteiger partial charge < -0.3 is 15.4 Å². The van der Waals surface area contributed by atoms with Crippen molar-refractivity contribution in [2.45, 2.75) is 32.1 Å². The van der Waals surface area contributed by atoms with Gasteiger partial charge in [-0.1, -0.05) is 6.42 Å². The van der Waals surface area contributed by atoms with Crippen LogP contribution in [0.2, 0.25) is 0 Å². The van der Waals surface area contributed by atoms with Crippen molar-refractivity contribution in [2.75, 3.05) is 33.9 Å². The van der Waals surface area contributed by atoms with Crippen molar-refractivity contribution in [3.63, 3.8) is 0 Å². The molecule has 7 heteroatoms. The van der Waals surface area contributed by atoms with Gasteiger partial charge in [0.05, 0.1) is 2.88 Å². The van der Waals surface area contributed by atoms with E-state index >= 15 is 0 Å². The fourth-order valence-electron chi connectivity index (χ4n) is 2.79. The average molecular weight is 563 g/mol. The predicted octanol–water partition coefficient (Wildman–Crippen LogP) is 3.89. The second kappa shape index (κ2) is 11.1. The number of nitrogens with zero attached hydrogens (tertiary/aromatic N) is 1. The maximum Gasteiger partial charge on any atom is 0.191 e. The molecule has 1 saturated carbocycles. The zero-order valence-corrected chi connectivity index (χ0v) is 19.2. The quantitative estimate of drug-likeness (QED) is 0.287. The summed E-state index contributed by atoms with van der Waals surface area (Å²) < 4.78 is 6.60. The first kappa shape index (κ1) is 21.4. The summed E-state index contributed by atoms with van der Waals surface area (Å²) in [5.41, 5.74) is 0.414. The molecule has 2 rings (SSSR count). The van der Waals surface area contributed by atoms with Crippen LogP contribution in [0.15, 0.2) is 17.1 Å². The number of rotatable bonds is 8. The highest BCUT2D eigenvalue weighted by atomic mass is 127. The molecule has 1 aromatic heterocycles. The lowest BCUT2D eigenvalue weighted by Gasteiger charge is -2.42. The highest BCUT2D eigenvalue weighted by molar-refractivity contribution is 14.1. The van der Waals surface area contributed by atoms with E-state index in [4.69, 9.17) is 4.74 Å². The molecule has 23 heavy (non-hydrogen) atoms. The summed E-state index contributed by atoms with van der Waals surface area (Å²) in [6.45, 7) is 2.76. The normalized spacial score (nSPS) is 16.4. The lowest BCUT2D eigenvalue weighted by molar-refractivity contribution is 0.0732. The van der Waals surface area contributed by atoms with E-state index < -0.39 is 0 Å². The Labute approximate surface area is 174 Å². The van der Waals surface area contributed by atoms with Crippen LogP contribution in [0, 0.1) is 8.30 Å². The molecular weight excluding hydrogens is 536 g/mol. The van der Waals surface area contributed by atoms with E-state index in [0.717, 1.165) is 38.5 Å². The summed E-state index contributed by atoms with van der Waals surface area (Å²) in [6.07, 6.45) is 6.13. The number of methoxy groups -OCH3 is 1. The van der Waals surface area contributed by atoms with Gasteiger partial charge in [0.2, 0.25) is 0 Å². The summed E-state index contributed by atoms with van der Waals surface area (Å²) in [4.78, 5) is 5.75. The molecule has 0 atom stereocenters. The summed E-state index contributed by atoms with van der Waals surface area (Å²) in [5.74, 6) is 0.912. The van der Waals surface area contributed by atoms with Crippen molar-refractivity contribution in [3.05, 3.63) is 19.9 Å². The summed E-state index contributed by atoms with van der Waals surface area (Å²) >= 11 is 4.23. The summed E-state index contributed by atoms with van der Waals surface area (Å²) in [5, 5.41) is 6.91. The number of guanidine groups is 1. The second-order valence-electron chi connectivity index (χ2n) is 5.90. The molecule has 0 radical (unpaired) electrons. The monoisotopic (exact) mass is 563 g/mol. The first-order valence-electron chi connectivity index (χ1n) is 7.85. The first-order valence-corrected chi connectivity index (χ1v) is 9.75. The smallest absolute Gasteiger partial charge is 0.191 e. The second-order valence-corrected chi connectivity index (χ2v) is 8.97. The standard InChI is InChI=1S/C16H26IN3OS.HI/c1-18-15(19-10-6-13-4-5-14(17)22-13)20-12-16(7-3-8-16)9-11-21-2;/h4-5H,3,6-12H2,1-2H3,(H2,18,19,20);1H. The van der Waals surface area contributed by atoms with Crippen LogP contribution in [0.5, 0.6) is 0 Å². The average Bonchev–Trinajstić information content (AvgIpc) is 2.89. The molecule has 4 nitrogen and oxygen atoms in total. The van der Waals surface area contributed by atoms with Gasteiger partial charge in [-0.3, -0.25) is 4.99 Å².